The van der Waals surface area contributed by atoms with E-state index in [1.165, 1.54) is 0 Å². The molecule has 0 unspecified atom stereocenters. The van der Waals surface area contributed by atoms with E-state index in [-0.39, 0.29) is 5.43 Å². The van der Waals surface area contributed by atoms with Crippen LogP contribution in [0.4, 0.5) is 0 Å². The maximum absolute atomic E-state index is 11.7. The Morgan fingerprint density at radius 2 is 1.54 bits per heavy atom. The molecule has 5 aromatic rings. The fraction of sp³-hybridized carbons (Fsp3) is 0. The number of aromatic amines is 1. The zero-order valence-electron chi connectivity index (χ0n) is 13.9. The molecule has 0 aliphatic carbocycles. The van der Waals surface area contributed by atoms with E-state index >= 15 is 0 Å². The van der Waals surface area contributed by atoms with Gasteiger partial charge in [-0.15, -0.1) is 0 Å². The number of nitrogens with zero attached hydrogens (tertiary/aromatic N) is 2. The van der Waals surface area contributed by atoms with Crippen molar-refractivity contribution in [1.29, 1.82) is 0 Å². The highest BCUT2D eigenvalue weighted by molar-refractivity contribution is 6.08. The molecule has 4 nitrogen and oxygen atoms in total. The van der Waals surface area contributed by atoms with Crippen LogP contribution in [0.1, 0.15) is 0 Å². The van der Waals surface area contributed by atoms with E-state index in [0.29, 0.717) is 5.52 Å². The number of hydrogen-bond acceptors (Lipinski definition) is 2. The second-order valence-electron chi connectivity index (χ2n) is 6.22. The summed E-state index contributed by atoms with van der Waals surface area (Å²) in [7, 11) is 0. The highest BCUT2D eigenvalue weighted by Crippen LogP contribution is 2.33. The number of aromatic nitrogens is 3. The van der Waals surface area contributed by atoms with Crippen LogP contribution in [0.25, 0.3) is 38.8 Å². The number of H-pyrrole nitrogens is 1. The molecule has 124 valence electrons. The molecule has 0 amide bonds. The highest BCUT2D eigenvalue weighted by Gasteiger charge is 2.15. The normalized spacial score (nSPS) is 11.2. The summed E-state index contributed by atoms with van der Waals surface area (Å²) >= 11 is 0. The lowest BCUT2D eigenvalue weighted by atomic mass is 10.1. The van der Waals surface area contributed by atoms with Crippen molar-refractivity contribution < 1.29 is 0 Å². The summed E-state index contributed by atoms with van der Waals surface area (Å²) in [6, 6.07) is 25.4. The molecule has 0 saturated carbocycles. The lowest BCUT2D eigenvalue weighted by molar-refractivity contribution is 0.918. The first-order chi connectivity index (χ1) is 12.8. The summed E-state index contributed by atoms with van der Waals surface area (Å²) in [5, 5.41) is 5.50. The maximum atomic E-state index is 11.7. The largest absolute Gasteiger partial charge is 0.292 e. The van der Waals surface area contributed by atoms with Gasteiger partial charge >= 0.3 is 0 Å². The predicted molar refractivity (Wildman–Crippen MR) is 105 cm³/mol. The lowest BCUT2D eigenvalue weighted by Crippen LogP contribution is -1.99. The quantitative estimate of drug-likeness (QED) is 0.514. The van der Waals surface area contributed by atoms with Crippen LogP contribution in [0.15, 0.2) is 89.9 Å². The van der Waals surface area contributed by atoms with Crippen molar-refractivity contribution in [3.63, 3.8) is 0 Å². The average Bonchev–Trinajstić information content (AvgIpc) is 3.09. The Kier molecular flexibility index (Phi) is 3.22. The molecule has 2 heterocycles. The van der Waals surface area contributed by atoms with E-state index in [9.17, 15) is 4.79 Å². The van der Waals surface area contributed by atoms with Crippen molar-refractivity contribution in [1.82, 2.24) is 14.8 Å². The first kappa shape index (κ1) is 14.7. The van der Waals surface area contributed by atoms with Crippen molar-refractivity contribution in [2.24, 2.45) is 0 Å². The van der Waals surface area contributed by atoms with Crippen LogP contribution in [-0.2, 0) is 0 Å². The van der Waals surface area contributed by atoms with Crippen LogP contribution in [0.2, 0.25) is 0 Å². The number of para-hydroxylation sites is 1. The third-order valence-electron chi connectivity index (χ3n) is 4.61. The maximum Gasteiger partial charge on any atom is 0.180 e. The third-order valence-corrected chi connectivity index (χ3v) is 4.61. The highest BCUT2D eigenvalue weighted by atomic mass is 16.1. The van der Waals surface area contributed by atoms with Gasteiger partial charge in [0.15, 0.2) is 5.43 Å². The van der Waals surface area contributed by atoms with Crippen LogP contribution in [-0.4, -0.2) is 14.8 Å². The Morgan fingerprint density at radius 3 is 2.31 bits per heavy atom. The van der Waals surface area contributed by atoms with Gasteiger partial charge in [0, 0.05) is 28.6 Å². The number of nitrogens with one attached hydrogen (secondary N) is 1. The second kappa shape index (κ2) is 5.70. The minimum atomic E-state index is -0.0329. The average molecular weight is 337 g/mol. The standard InChI is InChI=1S/C22H15N3O/c26-17-11-12-18-20(13-17)23-14-19-21(15-7-3-1-4-8-15)24-25(22(18)19)16-9-5-2-6-10-16/h1-14,24H. The topological polar surface area (TPSA) is 50.7 Å². The van der Waals surface area contributed by atoms with Crippen LogP contribution >= 0.6 is 0 Å². The Bertz CT molecular complexity index is 1290. The summed E-state index contributed by atoms with van der Waals surface area (Å²) in [6.45, 7) is 0. The van der Waals surface area contributed by atoms with Crippen molar-refractivity contribution in [2.45, 2.75) is 0 Å². The number of benzene rings is 3. The monoisotopic (exact) mass is 337 g/mol. The van der Waals surface area contributed by atoms with E-state index in [1.54, 1.807) is 12.1 Å². The van der Waals surface area contributed by atoms with Gasteiger partial charge in [-0.2, -0.15) is 0 Å². The molecule has 26 heavy (non-hydrogen) atoms. The fourth-order valence-corrected chi connectivity index (χ4v) is 3.41. The predicted octanol–water partition coefficient (Wildman–Crippen LogP) is 4.53. The molecular weight excluding hydrogens is 322 g/mol. The van der Waals surface area contributed by atoms with Gasteiger partial charge in [-0.05, 0) is 24.3 Å². The molecule has 3 aromatic carbocycles. The second-order valence-corrected chi connectivity index (χ2v) is 6.22. The van der Waals surface area contributed by atoms with E-state index in [1.807, 2.05) is 48.7 Å². The summed E-state index contributed by atoms with van der Waals surface area (Å²) in [5.74, 6) is 0. The molecule has 2 aromatic heterocycles. The van der Waals surface area contributed by atoms with Gasteiger partial charge in [-0.25, -0.2) is 0 Å². The SMILES string of the molecule is O=c1ccc2c(c1)ncc1c(-c3ccccc3)[nH]n(-c3ccccc3)c12. The summed E-state index contributed by atoms with van der Waals surface area (Å²) in [4.78, 5) is 16.3. The van der Waals surface area contributed by atoms with Crippen LogP contribution in [0.5, 0.6) is 0 Å². The van der Waals surface area contributed by atoms with Crippen LogP contribution in [0, 0.1) is 0 Å². The van der Waals surface area contributed by atoms with Crippen LogP contribution in [0.3, 0.4) is 0 Å². The first-order valence-corrected chi connectivity index (χ1v) is 8.45. The van der Waals surface area contributed by atoms with E-state index in [0.717, 1.165) is 33.2 Å². The number of fused-ring (bicyclic) bond motifs is 3. The summed E-state index contributed by atoms with van der Waals surface area (Å²) in [6.07, 6.45) is 1.84. The van der Waals surface area contributed by atoms with Gasteiger partial charge in [0.2, 0.25) is 0 Å². The Labute approximate surface area is 149 Å². The molecule has 4 heteroatoms. The minimum Gasteiger partial charge on any atom is -0.292 e. The molecule has 5 rings (SSSR count). The fourth-order valence-electron chi connectivity index (χ4n) is 3.41. The van der Waals surface area contributed by atoms with Gasteiger partial charge in [0.1, 0.15) is 0 Å². The molecule has 0 atom stereocenters. The first-order valence-electron chi connectivity index (χ1n) is 8.45. The molecule has 0 fully saturated rings. The van der Waals surface area contributed by atoms with Crippen LogP contribution < -0.4 is 5.43 Å². The van der Waals surface area contributed by atoms with Crippen molar-refractivity contribution in [2.75, 3.05) is 0 Å². The number of pyridine rings is 1. The van der Waals surface area contributed by atoms with Gasteiger partial charge in [-0.1, -0.05) is 48.5 Å². The van der Waals surface area contributed by atoms with E-state index in [4.69, 9.17) is 0 Å². The van der Waals surface area contributed by atoms with Gasteiger partial charge in [0.25, 0.3) is 0 Å². The zero-order chi connectivity index (χ0) is 17.5. The molecular formula is C22H15N3O. The Morgan fingerprint density at radius 1 is 0.808 bits per heavy atom. The molecule has 0 radical (unpaired) electrons. The molecule has 0 aliphatic rings. The number of rotatable bonds is 2. The summed E-state index contributed by atoms with van der Waals surface area (Å²) in [5.41, 5.74) is 4.81. The van der Waals surface area contributed by atoms with Crippen molar-refractivity contribution in [3.05, 3.63) is 95.3 Å². The Hall–Kier alpha value is -3.66. The van der Waals surface area contributed by atoms with E-state index in [2.05, 4.69) is 39.0 Å². The molecule has 0 saturated heterocycles. The van der Waals surface area contributed by atoms with Gasteiger partial charge in [-0.3, -0.25) is 19.6 Å². The Balaban J connectivity index is 1.94. The zero-order valence-corrected chi connectivity index (χ0v) is 13.9. The molecule has 1 N–H and O–H groups in total. The van der Waals surface area contributed by atoms with Crippen molar-refractivity contribution >= 4 is 21.8 Å². The minimum absolute atomic E-state index is 0.0329. The smallest absolute Gasteiger partial charge is 0.180 e. The van der Waals surface area contributed by atoms with Crippen molar-refractivity contribution in [3.8, 4) is 16.9 Å². The number of hydrogen-bond donors (Lipinski definition) is 1. The molecule has 0 spiro atoms. The summed E-state index contributed by atoms with van der Waals surface area (Å²) < 4.78 is 2.06. The molecule has 0 bridgehead atoms. The lowest BCUT2D eigenvalue weighted by Gasteiger charge is -2.06. The molecule has 0 aliphatic heterocycles. The van der Waals surface area contributed by atoms with Gasteiger partial charge < -0.3 is 0 Å². The third kappa shape index (κ3) is 2.24. The van der Waals surface area contributed by atoms with E-state index < -0.39 is 0 Å². The van der Waals surface area contributed by atoms with Gasteiger partial charge in [0.05, 0.1) is 22.4 Å².